The smallest absolute Gasteiger partial charge is 0.286 e. The highest BCUT2D eigenvalue weighted by Gasteiger charge is 2.21. The molecular formula is C19H15BrF2N4O3. The number of aryl methyl sites for hydroxylation is 2. The van der Waals surface area contributed by atoms with Crippen molar-refractivity contribution in [1.82, 2.24) is 15.0 Å². The van der Waals surface area contributed by atoms with Crippen LogP contribution in [0.15, 0.2) is 33.7 Å². The highest BCUT2D eigenvalue weighted by atomic mass is 79.9. The number of H-pyrrole nitrogens is 1. The summed E-state index contributed by atoms with van der Waals surface area (Å²) in [6, 6.07) is 3.12. The van der Waals surface area contributed by atoms with Gasteiger partial charge in [-0.15, -0.1) is 0 Å². The molecular weight excluding hydrogens is 450 g/mol. The Morgan fingerprint density at radius 2 is 2.03 bits per heavy atom. The van der Waals surface area contributed by atoms with E-state index < -0.39 is 23.1 Å². The number of rotatable bonds is 5. The van der Waals surface area contributed by atoms with Crippen LogP contribution in [0.4, 0.5) is 8.78 Å². The number of aromatic nitrogens is 3. The third-order valence-electron chi connectivity index (χ3n) is 4.16. The summed E-state index contributed by atoms with van der Waals surface area (Å²) >= 11 is 3.19. The van der Waals surface area contributed by atoms with Gasteiger partial charge in [0.1, 0.15) is 28.5 Å². The number of hydrogen-bond donors (Lipinski definition) is 2. The lowest BCUT2D eigenvalue weighted by Crippen LogP contribution is -2.17. The zero-order valence-electron chi connectivity index (χ0n) is 15.3. The van der Waals surface area contributed by atoms with Crippen LogP contribution in [-0.4, -0.2) is 20.9 Å². The van der Waals surface area contributed by atoms with Crippen molar-refractivity contribution in [2.75, 3.05) is 0 Å². The maximum absolute atomic E-state index is 14.0. The SMILES string of the molecule is Cc1nc(C(N)=O)ncc1-c1c(C)[nH]c(=O)c(Br)c1OCc1ccc(F)cc1F. The Labute approximate surface area is 172 Å². The van der Waals surface area contributed by atoms with E-state index in [1.54, 1.807) is 13.8 Å². The highest BCUT2D eigenvalue weighted by molar-refractivity contribution is 9.10. The van der Waals surface area contributed by atoms with Gasteiger partial charge in [0.2, 0.25) is 5.82 Å². The molecule has 0 atom stereocenters. The minimum atomic E-state index is -0.776. The third-order valence-corrected chi connectivity index (χ3v) is 4.88. The Morgan fingerprint density at radius 1 is 1.31 bits per heavy atom. The Morgan fingerprint density at radius 3 is 2.66 bits per heavy atom. The van der Waals surface area contributed by atoms with Gasteiger partial charge in [-0.05, 0) is 41.9 Å². The Bertz CT molecular complexity index is 1180. The first-order valence-electron chi connectivity index (χ1n) is 8.32. The van der Waals surface area contributed by atoms with Gasteiger partial charge >= 0.3 is 0 Å². The van der Waals surface area contributed by atoms with E-state index >= 15 is 0 Å². The third kappa shape index (κ3) is 4.16. The maximum atomic E-state index is 14.0. The molecule has 0 saturated heterocycles. The maximum Gasteiger partial charge on any atom is 0.286 e. The molecule has 3 rings (SSSR count). The number of primary amides is 1. The van der Waals surface area contributed by atoms with Crippen LogP contribution in [-0.2, 0) is 6.61 Å². The number of nitrogens with zero attached hydrogens (tertiary/aromatic N) is 2. The van der Waals surface area contributed by atoms with E-state index in [2.05, 4.69) is 30.9 Å². The van der Waals surface area contributed by atoms with Crippen LogP contribution in [0.2, 0.25) is 0 Å². The van der Waals surface area contributed by atoms with Crippen molar-refractivity contribution in [1.29, 1.82) is 0 Å². The first kappa shape index (κ1) is 20.6. The van der Waals surface area contributed by atoms with E-state index in [0.717, 1.165) is 12.1 Å². The molecule has 3 N–H and O–H groups in total. The molecule has 10 heteroatoms. The van der Waals surface area contributed by atoms with E-state index in [-0.39, 0.29) is 28.2 Å². The van der Waals surface area contributed by atoms with Crippen LogP contribution in [0.5, 0.6) is 5.75 Å². The molecule has 1 amide bonds. The van der Waals surface area contributed by atoms with Crippen LogP contribution in [0.25, 0.3) is 11.1 Å². The summed E-state index contributed by atoms with van der Waals surface area (Å²) in [5.41, 5.74) is 6.68. The quantitative estimate of drug-likeness (QED) is 0.602. The molecule has 0 aliphatic rings. The van der Waals surface area contributed by atoms with Crippen molar-refractivity contribution in [2.45, 2.75) is 20.5 Å². The largest absolute Gasteiger partial charge is 0.487 e. The van der Waals surface area contributed by atoms with Gasteiger partial charge < -0.3 is 15.5 Å². The van der Waals surface area contributed by atoms with E-state index in [9.17, 15) is 18.4 Å². The number of nitrogens with one attached hydrogen (secondary N) is 1. The van der Waals surface area contributed by atoms with Gasteiger partial charge in [0.25, 0.3) is 11.5 Å². The van der Waals surface area contributed by atoms with E-state index in [4.69, 9.17) is 10.5 Å². The average molecular weight is 465 g/mol. The fourth-order valence-corrected chi connectivity index (χ4v) is 3.16. The summed E-state index contributed by atoms with van der Waals surface area (Å²) in [6.45, 7) is 3.04. The number of benzene rings is 1. The van der Waals surface area contributed by atoms with Crippen molar-refractivity contribution >= 4 is 21.8 Å². The predicted octanol–water partition coefficient (Wildman–Crippen LogP) is 3.17. The number of carbonyl (C=O) groups is 1. The molecule has 0 aliphatic heterocycles. The summed E-state index contributed by atoms with van der Waals surface area (Å²) in [5, 5.41) is 0. The van der Waals surface area contributed by atoms with E-state index in [1.807, 2.05) is 0 Å². The molecule has 0 fully saturated rings. The summed E-state index contributed by atoms with van der Waals surface area (Å²) in [5.74, 6) is -2.27. The van der Waals surface area contributed by atoms with Crippen molar-refractivity contribution in [3.8, 4) is 16.9 Å². The molecule has 2 aromatic heterocycles. The lowest BCUT2D eigenvalue weighted by atomic mass is 10.0. The molecule has 0 saturated carbocycles. The van der Waals surface area contributed by atoms with Gasteiger partial charge in [0.05, 0.1) is 0 Å². The summed E-state index contributed by atoms with van der Waals surface area (Å²) in [7, 11) is 0. The predicted molar refractivity (Wildman–Crippen MR) is 104 cm³/mol. The number of ether oxygens (including phenoxy) is 1. The monoisotopic (exact) mass is 464 g/mol. The molecule has 7 nitrogen and oxygen atoms in total. The molecule has 1 aromatic carbocycles. The van der Waals surface area contributed by atoms with E-state index in [1.165, 1.54) is 12.3 Å². The normalized spacial score (nSPS) is 10.8. The second-order valence-corrected chi connectivity index (χ2v) is 6.97. The van der Waals surface area contributed by atoms with Crippen molar-refractivity contribution < 1.29 is 18.3 Å². The van der Waals surface area contributed by atoms with Gasteiger partial charge in [0, 0.05) is 40.3 Å². The topological polar surface area (TPSA) is 111 Å². The van der Waals surface area contributed by atoms with Crippen LogP contribution in [0.1, 0.15) is 27.6 Å². The molecule has 0 radical (unpaired) electrons. The van der Waals surface area contributed by atoms with Gasteiger partial charge in [-0.2, -0.15) is 0 Å². The number of carbonyl (C=O) groups excluding carboxylic acids is 1. The minimum Gasteiger partial charge on any atom is -0.487 e. The Kier molecular flexibility index (Phi) is 5.73. The molecule has 0 aliphatic carbocycles. The molecule has 2 heterocycles. The van der Waals surface area contributed by atoms with E-state index in [0.29, 0.717) is 22.5 Å². The van der Waals surface area contributed by atoms with Crippen LogP contribution >= 0.6 is 15.9 Å². The van der Waals surface area contributed by atoms with Crippen LogP contribution in [0.3, 0.4) is 0 Å². The van der Waals surface area contributed by atoms with Crippen molar-refractivity contribution in [2.24, 2.45) is 5.73 Å². The van der Waals surface area contributed by atoms with Crippen LogP contribution < -0.4 is 16.0 Å². The zero-order chi connectivity index (χ0) is 21.3. The number of aromatic amines is 1. The van der Waals surface area contributed by atoms with Gasteiger partial charge in [-0.3, -0.25) is 9.59 Å². The molecule has 3 aromatic rings. The molecule has 29 heavy (non-hydrogen) atoms. The van der Waals surface area contributed by atoms with Gasteiger partial charge in [0.15, 0.2) is 0 Å². The number of halogens is 3. The van der Waals surface area contributed by atoms with Crippen molar-refractivity contribution in [3.05, 3.63) is 73.6 Å². The molecule has 0 bridgehead atoms. The first-order chi connectivity index (χ1) is 13.7. The average Bonchev–Trinajstić information content (AvgIpc) is 2.65. The molecule has 0 unspecified atom stereocenters. The highest BCUT2D eigenvalue weighted by Crippen LogP contribution is 2.37. The van der Waals surface area contributed by atoms with Crippen molar-refractivity contribution in [3.63, 3.8) is 0 Å². The minimum absolute atomic E-state index is 0.0824. The zero-order valence-corrected chi connectivity index (χ0v) is 16.9. The molecule has 150 valence electrons. The van der Waals surface area contributed by atoms with Gasteiger partial charge in [-0.1, -0.05) is 0 Å². The fraction of sp³-hybridized carbons (Fsp3) is 0.158. The Hall–Kier alpha value is -3.14. The lowest BCUT2D eigenvalue weighted by molar-refractivity contribution is 0.0990. The second kappa shape index (κ2) is 8.08. The number of nitrogens with two attached hydrogens (primary N) is 1. The number of amides is 1. The second-order valence-electron chi connectivity index (χ2n) is 6.18. The summed E-state index contributed by atoms with van der Waals surface area (Å²) in [4.78, 5) is 34.2. The lowest BCUT2D eigenvalue weighted by Gasteiger charge is -2.17. The first-order valence-corrected chi connectivity index (χ1v) is 9.11. The number of hydrogen-bond acceptors (Lipinski definition) is 5. The summed E-state index contributed by atoms with van der Waals surface area (Å²) < 4.78 is 32.9. The van der Waals surface area contributed by atoms with Crippen LogP contribution in [0, 0.1) is 25.5 Å². The van der Waals surface area contributed by atoms with Gasteiger partial charge in [-0.25, -0.2) is 18.7 Å². The Balaban J connectivity index is 2.10. The fourth-order valence-electron chi connectivity index (χ4n) is 2.75. The standard InChI is InChI=1S/C19H15BrF2N4O3/c1-8-12(6-24-18(25-8)17(23)27)14-9(2)26-19(28)15(20)16(14)29-7-10-3-4-11(21)5-13(10)22/h3-6H,7H2,1-2H3,(H2,23,27)(H,26,28). The summed E-state index contributed by atoms with van der Waals surface area (Å²) in [6.07, 6.45) is 1.39. The molecule has 0 spiro atoms. The number of pyridine rings is 1.